The SMILES string of the molecule is C=CCCC(NC(=O)C1CCCN1C(=O)OC(C)C)C(=O)NS(=O)(=O)C1CC1. The van der Waals surface area contributed by atoms with Gasteiger partial charge in [0.15, 0.2) is 0 Å². The highest BCUT2D eigenvalue weighted by molar-refractivity contribution is 7.90. The van der Waals surface area contributed by atoms with Gasteiger partial charge in [-0.15, -0.1) is 6.58 Å². The fourth-order valence-electron chi connectivity index (χ4n) is 3.02. The van der Waals surface area contributed by atoms with E-state index in [9.17, 15) is 22.8 Å². The molecular formula is C18H29N3O6S. The largest absolute Gasteiger partial charge is 0.447 e. The van der Waals surface area contributed by atoms with Gasteiger partial charge in [-0.2, -0.15) is 0 Å². The molecular weight excluding hydrogens is 386 g/mol. The molecule has 2 atom stereocenters. The molecule has 1 saturated carbocycles. The van der Waals surface area contributed by atoms with Gasteiger partial charge in [-0.05, 0) is 52.4 Å². The molecule has 0 aromatic heterocycles. The van der Waals surface area contributed by atoms with Crippen molar-refractivity contribution in [3.05, 3.63) is 12.7 Å². The number of nitrogens with zero attached hydrogens (tertiary/aromatic N) is 1. The van der Waals surface area contributed by atoms with Crippen molar-refractivity contribution >= 4 is 27.9 Å². The first-order valence-corrected chi connectivity index (χ1v) is 11.1. The van der Waals surface area contributed by atoms with E-state index in [-0.39, 0.29) is 12.5 Å². The van der Waals surface area contributed by atoms with Crippen molar-refractivity contribution in [2.24, 2.45) is 0 Å². The smallest absolute Gasteiger partial charge is 0.410 e. The molecule has 0 bridgehead atoms. The number of carbonyl (C=O) groups excluding carboxylic acids is 3. The second kappa shape index (κ2) is 9.40. The monoisotopic (exact) mass is 415 g/mol. The molecule has 28 heavy (non-hydrogen) atoms. The summed E-state index contributed by atoms with van der Waals surface area (Å²) in [5, 5.41) is 2.06. The van der Waals surface area contributed by atoms with Crippen molar-refractivity contribution in [3.8, 4) is 0 Å². The molecule has 0 radical (unpaired) electrons. The van der Waals surface area contributed by atoms with E-state index in [4.69, 9.17) is 4.74 Å². The van der Waals surface area contributed by atoms with Crippen molar-refractivity contribution in [1.82, 2.24) is 14.9 Å². The van der Waals surface area contributed by atoms with Crippen LogP contribution in [0.2, 0.25) is 0 Å². The summed E-state index contributed by atoms with van der Waals surface area (Å²) in [5.41, 5.74) is 0. The Bertz CT molecular complexity index is 717. The average molecular weight is 416 g/mol. The summed E-state index contributed by atoms with van der Waals surface area (Å²) >= 11 is 0. The van der Waals surface area contributed by atoms with Gasteiger partial charge in [0.05, 0.1) is 11.4 Å². The van der Waals surface area contributed by atoms with E-state index in [1.54, 1.807) is 19.9 Å². The zero-order valence-corrected chi connectivity index (χ0v) is 17.2. The van der Waals surface area contributed by atoms with Crippen molar-refractivity contribution in [3.63, 3.8) is 0 Å². The summed E-state index contributed by atoms with van der Waals surface area (Å²) in [6.07, 6.45) is 3.49. The highest BCUT2D eigenvalue weighted by atomic mass is 32.2. The van der Waals surface area contributed by atoms with Gasteiger partial charge in [0.2, 0.25) is 15.9 Å². The van der Waals surface area contributed by atoms with E-state index in [2.05, 4.69) is 16.6 Å². The van der Waals surface area contributed by atoms with E-state index in [0.29, 0.717) is 38.6 Å². The van der Waals surface area contributed by atoms with Crippen LogP contribution in [0, 0.1) is 0 Å². The Labute approximate surface area is 165 Å². The molecule has 2 rings (SSSR count). The van der Waals surface area contributed by atoms with Crippen LogP contribution in [0.1, 0.15) is 52.4 Å². The third-order valence-corrected chi connectivity index (χ3v) is 6.46. The van der Waals surface area contributed by atoms with Crippen molar-refractivity contribution in [2.45, 2.75) is 75.8 Å². The molecule has 0 spiro atoms. The fraction of sp³-hybridized carbons (Fsp3) is 0.722. The van der Waals surface area contributed by atoms with E-state index >= 15 is 0 Å². The van der Waals surface area contributed by atoms with Crippen LogP contribution in [0.25, 0.3) is 0 Å². The summed E-state index contributed by atoms with van der Waals surface area (Å²) in [7, 11) is -3.71. The summed E-state index contributed by atoms with van der Waals surface area (Å²) < 4.78 is 31.3. The highest BCUT2D eigenvalue weighted by Gasteiger charge is 2.40. The number of sulfonamides is 1. The average Bonchev–Trinajstić information content (AvgIpc) is 3.35. The minimum absolute atomic E-state index is 0.213. The number of carbonyl (C=O) groups is 3. The van der Waals surface area contributed by atoms with E-state index in [1.165, 1.54) is 4.90 Å². The Morgan fingerprint density at radius 1 is 1.25 bits per heavy atom. The van der Waals surface area contributed by atoms with Gasteiger partial charge in [-0.1, -0.05) is 6.08 Å². The van der Waals surface area contributed by atoms with Gasteiger partial charge in [-0.25, -0.2) is 13.2 Å². The van der Waals surface area contributed by atoms with Crippen LogP contribution in [0.15, 0.2) is 12.7 Å². The number of hydrogen-bond acceptors (Lipinski definition) is 6. The van der Waals surface area contributed by atoms with Gasteiger partial charge < -0.3 is 10.1 Å². The fourth-order valence-corrected chi connectivity index (χ4v) is 4.37. The van der Waals surface area contributed by atoms with Crippen LogP contribution in [0.5, 0.6) is 0 Å². The minimum atomic E-state index is -3.71. The van der Waals surface area contributed by atoms with E-state index in [1.807, 2.05) is 0 Å². The Morgan fingerprint density at radius 2 is 1.93 bits per heavy atom. The maximum absolute atomic E-state index is 12.7. The number of amides is 3. The first-order valence-electron chi connectivity index (χ1n) is 9.59. The zero-order valence-electron chi connectivity index (χ0n) is 16.3. The lowest BCUT2D eigenvalue weighted by Gasteiger charge is -2.26. The molecule has 0 aromatic rings. The van der Waals surface area contributed by atoms with Gasteiger partial charge in [0.1, 0.15) is 12.1 Å². The van der Waals surface area contributed by atoms with Crippen LogP contribution in [-0.4, -0.2) is 61.2 Å². The van der Waals surface area contributed by atoms with Crippen LogP contribution in [0.3, 0.4) is 0 Å². The zero-order chi connectivity index (χ0) is 20.9. The Kier molecular flexibility index (Phi) is 7.45. The Hall–Kier alpha value is -2.10. The maximum Gasteiger partial charge on any atom is 0.410 e. The lowest BCUT2D eigenvalue weighted by molar-refractivity contribution is -0.130. The second-order valence-corrected chi connectivity index (χ2v) is 9.38. The molecule has 2 N–H and O–H groups in total. The molecule has 10 heteroatoms. The van der Waals surface area contributed by atoms with Gasteiger partial charge in [-0.3, -0.25) is 19.2 Å². The normalized spacial score (nSPS) is 20.5. The van der Waals surface area contributed by atoms with E-state index in [0.717, 1.165) is 0 Å². The van der Waals surface area contributed by atoms with Crippen LogP contribution in [-0.2, 0) is 24.3 Å². The van der Waals surface area contributed by atoms with Crippen LogP contribution >= 0.6 is 0 Å². The Morgan fingerprint density at radius 3 is 2.50 bits per heavy atom. The Balaban J connectivity index is 2.03. The predicted octanol–water partition coefficient (Wildman–Crippen LogP) is 1.06. The third kappa shape index (κ3) is 5.95. The van der Waals surface area contributed by atoms with Gasteiger partial charge in [0, 0.05) is 6.54 Å². The summed E-state index contributed by atoms with van der Waals surface area (Å²) in [6.45, 7) is 7.43. The lowest BCUT2D eigenvalue weighted by Crippen LogP contribution is -2.54. The summed E-state index contributed by atoms with van der Waals surface area (Å²) in [4.78, 5) is 38.7. The number of hydrogen-bond donors (Lipinski definition) is 2. The molecule has 158 valence electrons. The highest BCUT2D eigenvalue weighted by Crippen LogP contribution is 2.27. The number of likely N-dealkylation sites (tertiary alicyclic amines) is 1. The molecule has 2 fully saturated rings. The number of rotatable bonds is 9. The van der Waals surface area contributed by atoms with Crippen molar-refractivity contribution in [2.75, 3.05) is 6.54 Å². The quantitative estimate of drug-likeness (QED) is 0.543. The summed E-state index contributed by atoms with van der Waals surface area (Å²) in [6, 6.07) is -1.77. The second-order valence-electron chi connectivity index (χ2n) is 7.42. The molecule has 2 unspecified atom stereocenters. The molecule has 1 aliphatic carbocycles. The van der Waals surface area contributed by atoms with Crippen LogP contribution in [0.4, 0.5) is 4.79 Å². The first-order chi connectivity index (χ1) is 13.2. The van der Waals surface area contributed by atoms with Crippen molar-refractivity contribution in [1.29, 1.82) is 0 Å². The molecule has 1 aliphatic heterocycles. The topological polar surface area (TPSA) is 122 Å². The molecule has 1 saturated heterocycles. The van der Waals surface area contributed by atoms with Crippen molar-refractivity contribution < 1.29 is 27.5 Å². The first kappa shape index (κ1) is 22.2. The van der Waals surface area contributed by atoms with Gasteiger partial charge in [0.25, 0.3) is 5.91 Å². The molecule has 1 heterocycles. The minimum Gasteiger partial charge on any atom is -0.447 e. The standard InChI is InChI=1S/C18H29N3O6S/c1-4-5-7-14(16(22)20-28(25,26)13-9-10-13)19-17(23)15-8-6-11-21(15)18(24)27-12(2)3/h4,12-15H,1,5-11H2,2-3H3,(H,19,23)(H,20,22). The summed E-state index contributed by atoms with van der Waals surface area (Å²) in [5.74, 6) is -1.26. The predicted molar refractivity (Wildman–Crippen MR) is 103 cm³/mol. The maximum atomic E-state index is 12.7. The number of nitrogens with one attached hydrogen (secondary N) is 2. The van der Waals surface area contributed by atoms with E-state index < -0.39 is 45.3 Å². The molecule has 2 aliphatic rings. The third-order valence-electron chi connectivity index (χ3n) is 4.62. The molecule has 3 amide bonds. The molecule has 9 nitrogen and oxygen atoms in total. The number of ether oxygens (including phenoxy) is 1. The lowest BCUT2D eigenvalue weighted by atomic mass is 10.1. The van der Waals surface area contributed by atoms with Crippen LogP contribution < -0.4 is 10.0 Å². The number of allylic oxidation sites excluding steroid dienone is 1. The van der Waals surface area contributed by atoms with Gasteiger partial charge >= 0.3 is 6.09 Å². The molecule has 0 aromatic carbocycles.